The molecule has 5 nitrogen and oxygen atoms in total. The second kappa shape index (κ2) is 7.34. The molecule has 0 amide bonds. The van der Waals surface area contributed by atoms with E-state index in [1.54, 1.807) is 4.80 Å². The van der Waals surface area contributed by atoms with Crippen molar-refractivity contribution >= 4 is 21.9 Å². The SMILES string of the molecule is CCCCc1cc(C)cc(-n2nc3ccc(-n4ccc5ccccc54)cc3n2)c1O. The zero-order valence-corrected chi connectivity index (χ0v) is 17.2. The number of rotatable bonds is 5. The van der Waals surface area contributed by atoms with Crippen LogP contribution in [0.1, 0.15) is 30.9 Å². The molecule has 0 bridgehead atoms. The van der Waals surface area contributed by atoms with Crippen molar-refractivity contribution in [1.29, 1.82) is 0 Å². The van der Waals surface area contributed by atoms with Crippen LogP contribution >= 0.6 is 0 Å². The molecule has 5 rings (SSSR count). The smallest absolute Gasteiger partial charge is 0.146 e. The number of aromatic nitrogens is 4. The van der Waals surface area contributed by atoms with Crippen molar-refractivity contribution in [3.8, 4) is 17.1 Å². The van der Waals surface area contributed by atoms with E-state index in [0.29, 0.717) is 5.69 Å². The van der Waals surface area contributed by atoms with Crippen molar-refractivity contribution in [2.75, 3.05) is 0 Å². The minimum Gasteiger partial charge on any atom is -0.505 e. The number of hydrogen-bond donors (Lipinski definition) is 1. The largest absolute Gasteiger partial charge is 0.505 e. The number of phenols is 1. The lowest BCUT2D eigenvalue weighted by atomic mass is 10.0. The van der Waals surface area contributed by atoms with Crippen LogP contribution in [0.25, 0.3) is 33.3 Å². The maximum Gasteiger partial charge on any atom is 0.146 e. The maximum absolute atomic E-state index is 10.8. The number of unbranched alkanes of at least 4 members (excludes halogenated alkanes) is 1. The van der Waals surface area contributed by atoms with Crippen LogP contribution in [0.3, 0.4) is 0 Å². The number of phenolic OH excluding ortho intramolecular Hbond substituents is 1. The maximum atomic E-state index is 10.8. The molecule has 0 saturated heterocycles. The first kappa shape index (κ1) is 18.4. The van der Waals surface area contributed by atoms with Gasteiger partial charge in [-0.25, -0.2) is 0 Å². The Labute approximate surface area is 175 Å². The van der Waals surface area contributed by atoms with Gasteiger partial charge >= 0.3 is 0 Å². The summed E-state index contributed by atoms with van der Waals surface area (Å²) in [7, 11) is 0. The monoisotopic (exact) mass is 396 g/mol. The predicted molar refractivity (Wildman–Crippen MR) is 121 cm³/mol. The van der Waals surface area contributed by atoms with Gasteiger partial charge in [0.15, 0.2) is 0 Å². The lowest BCUT2D eigenvalue weighted by Gasteiger charge is -2.10. The van der Waals surface area contributed by atoms with E-state index in [9.17, 15) is 5.11 Å². The molecule has 1 N–H and O–H groups in total. The van der Waals surface area contributed by atoms with Crippen molar-refractivity contribution in [1.82, 2.24) is 19.6 Å². The second-order valence-corrected chi connectivity index (χ2v) is 7.80. The molecule has 3 aromatic carbocycles. The molecule has 30 heavy (non-hydrogen) atoms. The quantitative estimate of drug-likeness (QED) is 0.413. The summed E-state index contributed by atoms with van der Waals surface area (Å²) < 4.78 is 2.15. The zero-order valence-electron chi connectivity index (χ0n) is 17.2. The summed E-state index contributed by atoms with van der Waals surface area (Å²) >= 11 is 0. The number of hydrogen-bond acceptors (Lipinski definition) is 3. The Kier molecular flexibility index (Phi) is 4.51. The summed E-state index contributed by atoms with van der Waals surface area (Å²) in [6.45, 7) is 4.19. The number of benzene rings is 3. The Morgan fingerprint density at radius 1 is 0.933 bits per heavy atom. The summed E-state index contributed by atoms with van der Waals surface area (Å²) in [5.74, 6) is 0.269. The Bertz CT molecular complexity index is 1360. The lowest BCUT2D eigenvalue weighted by molar-refractivity contribution is 0.459. The fourth-order valence-electron chi connectivity index (χ4n) is 4.01. The van der Waals surface area contributed by atoms with Gasteiger partial charge in [-0.2, -0.15) is 0 Å². The first-order chi connectivity index (χ1) is 14.6. The Balaban J connectivity index is 1.59. The number of aryl methyl sites for hydroxylation is 2. The third-order valence-electron chi connectivity index (χ3n) is 5.57. The van der Waals surface area contributed by atoms with E-state index in [2.05, 4.69) is 52.2 Å². The highest BCUT2D eigenvalue weighted by Gasteiger charge is 2.14. The van der Waals surface area contributed by atoms with Gasteiger partial charge in [-0.1, -0.05) is 37.6 Å². The van der Waals surface area contributed by atoms with Gasteiger partial charge in [-0.15, -0.1) is 15.0 Å². The highest BCUT2D eigenvalue weighted by Crippen LogP contribution is 2.30. The van der Waals surface area contributed by atoms with Crippen molar-refractivity contribution < 1.29 is 5.11 Å². The summed E-state index contributed by atoms with van der Waals surface area (Å²) in [4.78, 5) is 1.56. The molecule has 150 valence electrons. The standard InChI is InChI=1S/C25H24N4O/c1-3-4-7-19-14-17(2)15-24(25(19)30)29-26-21-11-10-20(16-22(21)27-29)28-13-12-18-8-5-6-9-23(18)28/h5-6,8-16,30H,3-4,7H2,1-2H3. The number of fused-ring (bicyclic) bond motifs is 2. The van der Waals surface area contributed by atoms with Crippen molar-refractivity contribution in [2.24, 2.45) is 0 Å². The molecule has 0 spiro atoms. The molecule has 2 heterocycles. The molecule has 0 radical (unpaired) electrons. The molecule has 0 fully saturated rings. The third-order valence-corrected chi connectivity index (χ3v) is 5.57. The zero-order chi connectivity index (χ0) is 20.7. The summed E-state index contributed by atoms with van der Waals surface area (Å²) in [6, 6.07) is 20.5. The van der Waals surface area contributed by atoms with Crippen LogP contribution in [0.2, 0.25) is 0 Å². The first-order valence-electron chi connectivity index (χ1n) is 10.4. The number of nitrogens with zero attached hydrogens (tertiary/aromatic N) is 4. The van der Waals surface area contributed by atoms with E-state index >= 15 is 0 Å². The Hall–Kier alpha value is -3.60. The predicted octanol–water partition coefficient (Wildman–Crippen LogP) is 5.72. The average Bonchev–Trinajstić information content (AvgIpc) is 3.37. The summed E-state index contributed by atoms with van der Waals surface area (Å²) in [5, 5.41) is 21.4. The first-order valence-corrected chi connectivity index (χ1v) is 10.4. The second-order valence-electron chi connectivity index (χ2n) is 7.80. The fraction of sp³-hybridized carbons (Fsp3) is 0.200. The molecule has 0 aliphatic heterocycles. The van der Waals surface area contributed by atoms with E-state index in [0.717, 1.165) is 52.6 Å². The number of aromatic hydroxyl groups is 1. The van der Waals surface area contributed by atoms with Crippen LogP contribution in [0, 0.1) is 6.92 Å². The van der Waals surface area contributed by atoms with Crippen LogP contribution in [0.4, 0.5) is 0 Å². The van der Waals surface area contributed by atoms with E-state index in [-0.39, 0.29) is 5.75 Å². The minimum atomic E-state index is 0.269. The van der Waals surface area contributed by atoms with E-state index in [4.69, 9.17) is 0 Å². The Morgan fingerprint density at radius 2 is 1.77 bits per heavy atom. The van der Waals surface area contributed by atoms with Gasteiger partial charge < -0.3 is 9.67 Å². The van der Waals surface area contributed by atoms with Gasteiger partial charge in [0.1, 0.15) is 22.5 Å². The molecule has 0 unspecified atom stereocenters. The molecular weight excluding hydrogens is 372 g/mol. The minimum absolute atomic E-state index is 0.269. The highest BCUT2D eigenvalue weighted by atomic mass is 16.3. The normalized spacial score (nSPS) is 11.5. The molecule has 5 aromatic rings. The number of para-hydroxylation sites is 1. The average molecular weight is 396 g/mol. The van der Waals surface area contributed by atoms with Gasteiger partial charge in [-0.3, -0.25) is 0 Å². The van der Waals surface area contributed by atoms with Gasteiger partial charge in [-0.05, 0) is 72.7 Å². The van der Waals surface area contributed by atoms with Crippen molar-refractivity contribution in [3.05, 3.63) is 78.0 Å². The van der Waals surface area contributed by atoms with Crippen LogP contribution in [-0.2, 0) is 6.42 Å². The molecule has 0 saturated carbocycles. The van der Waals surface area contributed by atoms with Crippen molar-refractivity contribution in [2.45, 2.75) is 33.1 Å². The lowest BCUT2D eigenvalue weighted by Crippen LogP contribution is -2.02. The van der Waals surface area contributed by atoms with Crippen molar-refractivity contribution in [3.63, 3.8) is 0 Å². The molecular formula is C25H24N4O. The fourth-order valence-corrected chi connectivity index (χ4v) is 4.01. The van der Waals surface area contributed by atoms with Crippen LogP contribution in [-0.4, -0.2) is 24.7 Å². The van der Waals surface area contributed by atoms with Crippen LogP contribution in [0.15, 0.2) is 66.9 Å². The van der Waals surface area contributed by atoms with Gasteiger partial charge in [0.25, 0.3) is 0 Å². The van der Waals surface area contributed by atoms with Gasteiger partial charge in [0.05, 0.1) is 5.52 Å². The third kappa shape index (κ3) is 3.12. The van der Waals surface area contributed by atoms with E-state index in [1.807, 2.05) is 43.3 Å². The molecule has 0 atom stereocenters. The highest BCUT2D eigenvalue weighted by molar-refractivity contribution is 5.83. The van der Waals surface area contributed by atoms with Gasteiger partial charge in [0.2, 0.25) is 0 Å². The summed E-state index contributed by atoms with van der Waals surface area (Å²) in [6.07, 6.45) is 5.05. The Morgan fingerprint density at radius 3 is 2.63 bits per heavy atom. The summed E-state index contributed by atoms with van der Waals surface area (Å²) in [5.41, 5.74) is 6.45. The van der Waals surface area contributed by atoms with E-state index < -0.39 is 0 Å². The molecule has 0 aliphatic carbocycles. The molecule has 5 heteroatoms. The topological polar surface area (TPSA) is 55.9 Å². The molecule has 2 aromatic heterocycles. The van der Waals surface area contributed by atoms with Crippen LogP contribution < -0.4 is 0 Å². The van der Waals surface area contributed by atoms with E-state index in [1.165, 1.54) is 5.39 Å². The molecule has 0 aliphatic rings. The van der Waals surface area contributed by atoms with Crippen LogP contribution in [0.5, 0.6) is 5.75 Å². The van der Waals surface area contributed by atoms with Gasteiger partial charge in [0, 0.05) is 11.9 Å².